The van der Waals surface area contributed by atoms with Crippen LogP contribution in [-0.2, 0) is 22.4 Å². The number of rotatable bonds is 4. The number of carbonyl (C=O) groups excluding carboxylic acids is 1. The van der Waals surface area contributed by atoms with E-state index in [4.69, 9.17) is 4.74 Å². The number of fused-ring (bicyclic) bond motifs is 1. The smallest absolute Gasteiger partial charge is 0.219 e. The molecule has 0 aromatic heterocycles. The highest BCUT2D eigenvalue weighted by Gasteiger charge is 2.38. The summed E-state index contributed by atoms with van der Waals surface area (Å²) >= 11 is 0. The van der Waals surface area contributed by atoms with Gasteiger partial charge in [0.25, 0.3) is 0 Å². The molecule has 2 N–H and O–H groups in total. The molecule has 27 heavy (non-hydrogen) atoms. The summed E-state index contributed by atoms with van der Waals surface area (Å²) in [6, 6.07) is 8.97. The van der Waals surface area contributed by atoms with E-state index in [-0.39, 0.29) is 18.1 Å². The minimum atomic E-state index is -0.485. The normalized spacial score (nSPS) is 29.7. The Hall–Kier alpha value is -1.47. The van der Waals surface area contributed by atoms with Crippen LogP contribution >= 0.6 is 0 Å². The monoisotopic (exact) mass is 373 g/mol. The molecule has 3 aliphatic rings. The predicted molar refractivity (Wildman–Crippen MR) is 104 cm³/mol. The van der Waals surface area contributed by atoms with Crippen LogP contribution in [0.25, 0.3) is 0 Å². The van der Waals surface area contributed by atoms with Crippen LogP contribution < -0.4 is 5.32 Å². The van der Waals surface area contributed by atoms with Crippen molar-refractivity contribution in [3.63, 3.8) is 0 Å². The SMILES string of the molecule is CC(=O)N1CCCN(CC2OCC(NC3Cc4ccccc4C3)C2O)CC1. The van der Waals surface area contributed by atoms with Crippen LogP contribution in [-0.4, -0.2) is 84.4 Å². The van der Waals surface area contributed by atoms with E-state index >= 15 is 0 Å². The lowest BCUT2D eigenvalue weighted by Gasteiger charge is -2.26. The molecule has 1 aromatic carbocycles. The van der Waals surface area contributed by atoms with Crippen molar-refractivity contribution in [1.29, 1.82) is 0 Å². The number of amides is 1. The maximum atomic E-state index is 11.6. The van der Waals surface area contributed by atoms with Crippen LogP contribution in [0, 0.1) is 0 Å². The molecule has 3 atom stereocenters. The molecule has 2 fully saturated rings. The van der Waals surface area contributed by atoms with Crippen molar-refractivity contribution < 1.29 is 14.6 Å². The zero-order valence-corrected chi connectivity index (χ0v) is 16.1. The fourth-order valence-electron chi connectivity index (χ4n) is 4.69. The van der Waals surface area contributed by atoms with Gasteiger partial charge in [-0.1, -0.05) is 24.3 Å². The lowest BCUT2D eigenvalue weighted by Crippen LogP contribution is -2.48. The van der Waals surface area contributed by atoms with Gasteiger partial charge < -0.3 is 20.1 Å². The van der Waals surface area contributed by atoms with Gasteiger partial charge in [-0.25, -0.2) is 0 Å². The summed E-state index contributed by atoms with van der Waals surface area (Å²) in [5, 5.41) is 14.4. The first kappa shape index (κ1) is 18.9. The van der Waals surface area contributed by atoms with Gasteiger partial charge in [0.1, 0.15) is 0 Å². The van der Waals surface area contributed by atoms with Crippen LogP contribution in [0.1, 0.15) is 24.5 Å². The lowest BCUT2D eigenvalue weighted by atomic mass is 10.1. The maximum absolute atomic E-state index is 11.6. The Labute approximate surface area is 161 Å². The number of hydrogen-bond donors (Lipinski definition) is 2. The number of ether oxygens (including phenoxy) is 1. The minimum absolute atomic E-state index is 0.00462. The van der Waals surface area contributed by atoms with Crippen molar-refractivity contribution >= 4 is 5.91 Å². The first-order valence-electron chi connectivity index (χ1n) is 10.2. The van der Waals surface area contributed by atoms with E-state index in [1.165, 1.54) is 11.1 Å². The number of nitrogens with one attached hydrogen (secondary N) is 1. The molecule has 0 spiro atoms. The van der Waals surface area contributed by atoms with Gasteiger partial charge in [-0.15, -0.1) is 0 Å². The Morgan fingerprint density at radius 1 is 1.19 bits per heavy atom. The van der Waals surface area contributed by atoms with E-state index < -0.39 is 6.10 Å². The number of benzene rings is 1. The molecule has 6 heteroatoms. The van der Waals surface area contributed by atoms with Crippen LogP contribution in [0.15, 0.2) is 24.3 Å². The molecule has 0 saturated carbocycles. The topological polar surface area (TPSA) is 65.0 Å². The summed E-state index contributed by atoms with van der Waals surface area (Å²) in [6.45, 7) is 6.32. The molecule has 1 amide bonds. The average molecular weight is 373 g/mol. The van der Waals surface area contributed by atoms with Crippen molar-refractivity contribution in [2.24, 2.45) is 0 Å². The highest BCUT2D eigenvalue weighted by Crippen LogP contribution is 2.24. The third kappa shape index (κ3) is 4.35. The van der Waals surface area contributed by atoms with Gasteiger partial charge in [0.15, 0.2) is 0 Å². The quantitative estimate of drug-likeness (QED) is 0.801. The molecule has 1 aromatic rings. The van der Waals surface area contributed by atoms with E-state index in [1.54, 1.807) is 6.92 Å². The van der Waals surface area contributed by atoms with Crippen molar-refractivity contribution in [1.82, 2.24) is 15.1 Å². The van der Waals surface area contributed by atoms with Crippen molar-refractivity contribution in [3.05, 3.63) is 35.4 Å². The van der Waals surface area contributed by atoms with E-state index in [2.05, 4.69) is 34.5 Å². The highest BCUT2D eigenvalue weighted by atomic mass is 16.5. The Morgan fingerprint density at radius 3 is 2.63 bits per heavy atom. The molecule has 2 aliphatic heterocycles. The number of aliphatic hydroxyl groups excluding tert-OH is 1. The summed E-state index contributed by atoms with van der Waals surface area (Å²) in [6.07, 6.45) is 2.38. The molecule has 2 saturated heterocycles. The zero-order chi connectivity index (χ0) is 18.8. The largest absolute Gasteiger partial charge is 0.389 e. The molecule has 0 radical (unpaired) electrons. The Kier molecular flexibility index (Phi) is 5.78. The number of hydrogen-bond acceptors (Lipinski definition) is 5. The summed E-state index contributed by atoms with van der Waals surface area (Å²) < 4.78 is 5.95. The second kappa shape index (κ2) is 8.27. The summed E-state index contributed by atoms with van der Waals surface area (Å²) in [7, 11) is 0. The maximum Gasteiger partial charge on any atom is 0.219 e. The van der Waals surface area contributed by atoms with Crippen LogP contribution in [0.3, 0.4) is 0 Å². The average Bonchev–Trinajstić information content (AvgIpc) is 3.11. The number of aliphatic hydroxyl groups is 1. The molecule has 0 bridgehead atoms. The highest BCUT2D eigenvalue weighted by molar-refractivity contribution is 5.73. The van der Waals surface area contributed by atoms with Gasteiger partial charge in [0.2, 0.25) is 5.91 Å². The minimum Gasteiger partial charge on any atom is -0.389 e. The molecule has 2 heterocycles. The van der Waals surface area contributed by atoms with Crippen LogP contribution in [0.2, 0.25) is 0 Å². The molecule has 4 rings (SSSR count). The Balaban J connectivity index is 1.27. The van der Waals surface area contributed by atoms with Crippen LogP contribution in [0.4, 0.5) is 0 Å². The second-order valence-electron chi connectivity index (χ2n) is 8.17. The van der Waals surface area contributed by atoms with Gasteiger partial charge >= 0.3 is 0 Å². The fraction of sp³-hybridized carbons (Fsp3) is 0.667. The first-order chi connectivity index (χ1) is 13.1. The fourth-order valence-corrected chi connectivity index (χ4v) is 4.69. The van der Waals surface area contributed by atoms with E-state index in [1.807, 2.05) is 4.90 Å². The van der Waals surface area contributed by atoms with Crippen molar-refractivity contribution in [2.75, 3.05) is 39.3 Å². The Morgan fingerprint density at radius 2 is 1.93 bits per heavy atom. The summed E-state index contributed by atoms with van der Waals surface area (Å²) in [4.78, 5) is 15.8. The van der Waals surface area contributed by atoms with Gasteiger partial charge in [-0.3, -0.25) is 9.69 Å². The predicted octanol–water partition coefficient (Wildman–Crippen LogP) is 0.426. The lowest BCUT2D eigenvalue weighted by molar-refractivity contribution is -0.128. The van der Waals surface area contributed by atoms with E-state index in [9.17, 15) is 9.90 Å². The molecule has 1 aliphatic carbocycles. The number of carbonyl (C=O) groups is 1. The van der Waals surface area contributed by atoms with Gasteiger partial charge in [-0.05, 0) is 36.9 Å². The van der Waals surface area contributed by atoms with Crippen molar-refractivity contribution in [3.8, 4) is 0 Å². The van der Waals surface area contributed by atoms with Gasteiger partial charge in [0, 0.05) is 39.1 Å². The summed E-state index contributed by atoms with van der Waals surface area (Å²) in [5.74, 6) is 0.149. The first-order valence-corrected chi connectivity index (χ1v) is 10.2. The van der Waals surface area contributed by atoms with Crippen molar-refractivity contribution in [2.45, 2.75) is 50.5 Å². The van der Waals surface area contributed by atoms with E-state index in [0.29, 0.717) is 12.6 Å². The third-order valence-electron chi connectivity index (χ3n) is 6.26. The zero-order valence-electron chi connectivity index (χ0n) is 16.1. The van der Waals surface area contributed by atoms with E-state index in [0.717, 1.165) is 52.0 Å². The third-order valence-corrected chi connectivity index (χ3v) is 6.26. The molecular formula is C21H31N3O3. The molecule has 6 nitrogen and oxygen atoms in total. The second-order valence-corrected chi connectivity index (χ2v) is 8.17. The molecule has 148 valence electrons. The van der Waals surface area contributed by atoms with Gasteiger partial charge in [0.05, 0.1) is 24.9 Å². The number of nitrogens with zero attached hydrogens (tertiary/aromatic N) is 2. The molecule has 3 unspecified atom stereocenters. The Bertz CT molecular complexity index is 643. The van der Waals surface area contributed by atoms with Gasteiger partial charge in [-0.2, -0.15) is 0 Å². The van der Waals surface area contributed by atoms with Crippen LogP contribution in [0.5, 0.6) is 0 Å². The standard InChI is InChI=1S/C21H31N3O3/c1-15(25)24-8-4-7-23(9-10-24)13-20-21(26)19(14-27-20)22-18-11-16-5-2-3-6-17(16)12-18/h2-3,5-6,18-22,26H,4,7-14H2,1H3. The summed E-state index contributed by atoms with van der Waals surface area (Å²) in [5.41, 5.74) is 2.83. The molecular weight excluding hydrogens is 342 g/mol.